The monoisotopic (exact) mass is 1500 g/mol. The second-order valence-corrected chi connectivity index (χ2v) is 45.2. The SMILES string of the molecule is C[PH+](C)C.C[PH+](C)C.C[PH+](C)C.C[PH+](C)C.C[PH+](C)C.C[PH+](C)C.C[PH+](C)C.C[PH+](C)C.[Cu+].[Cu+].[Cu+].[Cu+].[Se-]c1ccccc1.[Se-]c1ccccc1.[Se-]c1ccccc1.[Se-]c1ccccc1. The summed E-state index contributed by atoms with van der Waals surface area (Å²) in [5, 5.41) is 0. The van der Waals surface area contributed by atoms with Crippen LogP contribution >= 0.6 is 63.4 Å². The summed E-state index contributed by atoms with van der Waals surface area (Å²) in [6, 6.07) is 40.3. The van der Waals surface area contributed by atoms with Crippen molar-refractivity contribution < 1.29 is 68.3 Å². The van der Waals surface area contributed by atoms with Crippen LogP contribution in [0.5, 0.6) is 0 Å². The van der Waals surface area contributed by atoms with Crippen LogP contribution in [0.25, 0.3) is 0 Å². The van der Waals surface area contributed by atoms with Gasteiger partial charge in [0.25, 0.3) is 0 Å². The van der Waals surface area contributed by atoms with E-state index in [1.807, 2.05) is 121 Å². The summed E-state index contributed by atoms with van der Waals surface area (Å²) in [5.74, 6) is 0. The molecule has 0 aliphatic heterocycles. The first-order valence-corrected chi connectivity index (χ1v) is 47.9. The minimum absolute atomic E-state index is 0. The molecule has 0 amide bonds. The topological polar surface area (TPSA) is 0 Å². The molecule has 0 saturated carbocycles. The van der Waals surface area contributed by atoms with Crippen molar-refractivity contribution in [3.05, 3.63) is 121 Å². The predicted octanol–water partition coefficient (Wildman–Crippen LogP) is 10.6. The van der Waals surface area contributed by atoms with E-state index < -0.39 is 0 Å². The maximum absolute atomic E-state index is 2.90. The van der Waals surface area contributed by atoms with Gasteiger partial charge in [-0.2, -0.15) is 0 Å². The molecule has 0 atom stereocenters. The van der Waals surface area contributed by atoms with E-state index in [1.54, 1.807) is 0 Å². The van der Waals surface area contributed by atoms with Gasteiger partial charge < -0.3 is 0 Å². The maximum atomic E-state index is 2.90. The summed E-state index contributed by atoms with van der Waals surface area (Å²) in [7, 11) is 0.963. The fourth-order valence-corrected chi connectivity index (χ4v) is 3.00. The van der Waals surface area contributed by atoms with Gasteiger partial charge in [-0.1, -0.05) is 0 Å². The fraction of sp³-hybridized carbons (Fsp3) is 0.500. The Morgan fingerprint density at radius 1 is 0.188 bits per heavy atom. The molecule has 0 aliphatic carbocycles. The molecule has 0 N–H and O–H groups in total. The Bertz CT molecular complexity index is 1010. The molecule has 0 spiro atoms. The van der Waals surface area contributed by atoms with Crippen molar-refractivity contribution in [2.75, 3.05) is 160 Å². The van der Waals surface area contributed by atoms with E-state index in [-0.39, 0.29) is 132 Å². The van der Waals surface area contributed by atoms with Crippen molar-refractivity contribution >= 4 is 145 Å². The molecule has 392 valence electrons. The van der Waals surface area contributed by atoms with Crippen LogP contribution in [-0.4, -0.2) is 224 Å². The number of hydrogen-bond donors (Lipinski definition) is 0. The van der Waals surface area contributed by atoms with Gasteiger partial charge in [-0.15, -0.1) is 0 Å². The van der Waals surface area contributed by atoms with Crippen molar-refractivity contribution in [2.24, 2.45) is 0 Å². The molecule has 4 rings (SSSR count). The van der Waals surface area contributed by atoms with Crippen LogP contribution in [0.3, 0.4) is 0 Å². The van der Waals surface area contributed by atoms with Crippen LogP contribution in [0, 0.1) is 0 Å². The molecule has 16 heteroatoms. The van der Waals surface area contributed by atoms with Crippen LogP contribution < -0.4 is 17.8 Å². The number of rotatable bonds is 0. The standard InChI is InChI=1S/4C6H6Se.8C3H9P.4Cu/c4*7-6-4-2-1-3-5-6;8*1-4(2)3;;;;/h4*1-5,7H;8*1-3H3;;;;/q;;;;;;;;;;;;4*+1/p+4. The Hall–Kier alpha value is 4.48. The molecular formula is C48H100Cu4P8Se4+8. The van der Waals surface area contributed by atoms with Gasteiger partial charge in [-0.3, -0.25) is 0 Å². The van der Waals surface area contributed by atoms with E-state index in [2.05, 4.69) is 224 Å². The zero-order chi connectivity index (χ0) is 49.1. The first-order valence-electron chi connectivity index (χ1n) is 20.5. The van der Waals surface area contributed by atoms with E-state index in [0.717, 1.165) is 0 Å². The second kappa shape index (κ2) is 81.5. The van der Waals surface area contributed by atoms with Crippen molar-refractivity contribution in [1.29, 1.82) is 0 Å². The molecule has 0 bridgehead atoms. The zero-order valence-corrected chi connectivity index (χ0v) is 63.0. The summed E-state index contributed by atoms with van der Waals surface area (Å²) < 4.78 is 4.79. The van der Waals surface area contributed by atoms with E-state index in [9.17, 15) is 0 Å². The van der Waals surface area contributed by atoms with Crippen LogP contribution in [0.4, 0.5) is 0 Å². The average molecular weight is 1500 g/mol. The second-order valence-electron chi connectivity index (χ2n) is 17.3. The normalized spacial score (nSPS) is 8.25. The fourth-order valence-electron chi connectivity index (χ4n) is 1.68. The van der Waals surface area contributed by atoms with Gasteiger partial charge in [0.1, 0.15) is 0 Å². The molecule has 0 nitrogen and oxygen atoms in total. The van der Waals surface area contributed by atoms with Crippen LogP contribution in [0.15, 0.2) is 121 Å². The molecule has 0 unspecified atom stereocenters. The first kappa shape index (κ1) is 97.7. The van der Waals surface area contributed by atoms with Crippen molar-refractivity contribution in [1.82, 2.24) is 0 Å². The van der Waals surface area contributed by atoms with E-state index >= 15 is 0 Å². The van der Waals surface area contributed by atoms with Gasteiger partial charge >= 0.3 is 272 Å². The summed E-state index contributed by atoms with van der Waals surface area (Å²) in [5.41, 5.74) is 0. The summed E-state index contributed by atoms with van der Waals surface area (Å²) in [6.45, 7) is 54.4. The first-order chi connectivity index (χ1) is 27.4. The van der Waals surface area contributed by atoms with Crippen molar-refractivity contribution in [2.45, 2.75) is 0 Å². The number of benzene rings is 4. The summed E-state index contributed by atoms with van der Waals surface area (Å²) in [4.78, 5) is 0. The predicted molar refractivity (Wildman–Crippen MR) is 336 cm³/mol. The van der Waals surface area contributed by atoms with E-state index in [1.165, 1.54) is 17.8 Å². The molecule has 4 aromatic rings. The zero-order valence-electron chi connectivity index (χ0n) is 44.4. The van der Waals surface area contributed by atoms with Crippen molar-refractivity contribution in [3.8, 4) is 0 Å². The third-order valence-corrected chi connectivity index (χ3v) is 5.26. The van der Waals surface area contributed by atoms with Gasteiger partial charge in [0.15, 0.2) is 0 Å². The minimum atomic E-state index is 0. The van der Waals surface area contributed by atoms with Crippen molar-refractivity contribution in [3.63, 3.8) is 0 Å². The van der Waals surface area contributed by atoms with Gasteiger partial charge in [-0.05, 0) is 63.4 Å². The van der Waals surface area contributed by atoms with Gasteiger partial charge in [0, 0.05) is 160 Å². The molecule has 0 radical (unpaired) electrons. The van der Waals surface area contributed by atoms with E-state index in [4.69, 9.17) is 0 Å². The van der Waals surface area contributed by atoms with Crippen LogP contribution in [0.2, 0.25) is 0 Å². The molecule has 0 heterocycles. The third kappa shape index (κ3) is 214. The molecule has 4 aromatic carbocycles. The molecular weight excluding hydrogens is 1390 g/mol. The van der Waals surface area contributed by atoms with Gasteiger partial charge in [-0.25, -0.2) is 0 Å². The molecule has 64 heavy (non-hydrogen) atoms. The Morgan fingerprint density at radius 3 is 0.281 bits per heavy atom. The Morgan fingerprint density at radius 2 is 0.250 bits per heavy atom. The van der Waals surface area contributed by atoms with Crippen LogP contribution in [-0.2, 0) is 68.3 Å². The summed E-state index contributed by atoms with van der Waals surface area (Å²) in [6.07, 6.45) is 0. The molecule has 0 fully saturated rings. The number of hydrogen-bond acceptors (Lipinski definition) is 0. The Labute approximate surface area is 489 Å². The average Bonchev–Trinajstić information content (AvgIpc) is 3.05. The quantitative estimate of drug-likeness (QED) is 0.122. The Balaban J connectivity index is -0.0000000463. The third-order valence-electron chi connectivity index (χ3n) is 2.97. The van der Waals surface area contributed by atoms with E-state index in [0.29, 0.717) is 0 Å². The summed E-state index contributed by atoms with van der Waals surface area (Å²) >= 11 is 11.6. The molecule has 0 aliphatic rings. The Kier molecular flexibility index (Phi) is 125. The van der Waals surface area contributed by atoms with Gasteiger partial charge in [0.05, 0.1) is 0 Å². The van der Waals surface area contributed by atoms with Crippen LogP contribution in [0.1, 0.15) is 0 Å². The molecule has 0 aromatic heterocycles. The molecule has 0 saturated heterocycles. The van der Waals surface area contributed by atoms with Gasteiger partial charge in [0.2, 0.25) is 0 Å².